The van der Waals surface area contributed by atoms with Gasteiger partial charge in [0.15, 0.2) is 11.5 Å². The second-order valence-corrected chi connectivity index (χ2v) is 7.33. The summed E-state index contributed by atoms with van der Waals surface area (Å²) in [5, 5.41) is 2.83. The van der Waals surface area contributed by atoms with Crippen molar-refractivity contribution in [2.75, 3.05) is 26.1 Å². The maximum absolute atomic E-state index is 13.0. The molecule has 0 radical (unpaired) electrons. The van der Waals surface area contributed by atoms with Gasteiger partial charge in [-0.2, -0.15) is 0 Å². The van der Waals surface area contributed by atoms with Crippen molar-refractivity contribution in [2.24, 2.45) is 0 Å². The van der Waals surface area contributed by atoms with E-state index in [4.69, 9.17) is 18.9 Å². The van der Waals surface area contributed by atoms with Gasteiger partial charge in [0.05, 0.1) is 20.8 Å². The second kappa shape index (κ2) is 8.78. The van der Waals surface area contributed by atoms with E-state index in [1.165, 1.54) is 19.1 Å². The number of esters is 1. The molecule has 0 bridgehead atoms. The van der Waals surface area contributed by atoms with E-state index < -0.39 is 18.2 Å². The predicted molar refractivity (Wildman–Crippen MR) is 114 cm³/mol. The Kier molecular flexibility index (Phi) is 5.89. The molecule has 2 atom stereocenters. The number of rotatable bonds is 7. The molecule has 32 heavy (non-hydrogen) atoms. The molecule has 2 aromatic rings. The molecule has 1 N–H and O–H groups in total. The smallest absolute Gasteiger partial charge is 0.344 e. The topological polar surface area (TPSA) is 103 Å². The van der Waals surface area contributed by atoms with Crippen molar-refractivity contribution in [3.8, 4) is 17.2 Å². The quantitative estimate of drug-likeness (QED) is 0.660. The van der Waals surface area contributed by atoms with Crippen molar-refractivity contribution in [1.82, 2.24) is 4.90 Å². The first kappa shape index (κ1) is 21.5. The number of cyclic esters (lactones) is 1. The van der Waals surface area contributed by atoms with Crippen LogP contribution in [0.25, 0.3) is 0 Å². The van der Waals surface area contributed by atoms with Crippen LogP contribution in [-0.4, -0.2) is 49.6 Å². The van der Waals surface area contributed by atoms with Gasteiger partial charge in [-0.05, 0) is 49.7 Å². The molecule has 168 valence electrons. The summed E-state index contributed by atoms with van der Waals surface area (Å²) in [6, 6.07) is 9.47. The maximum atomic E-state index is 13.0. The van der Waals surface area contributed by atoms with E-state index in [2.05, 4.69) is 5.32 Å². The number of nitrogens with zero attached hydrogens (tertiary/aromatic N) is 1. The Hall–Kier alpha value is -3.75. The summed E-state index contributed by atoms with van der Waals surface area (Å²) >= 11 is 0. The zero-order chi connectivity index (χ0) is 22.8. The van der Waals surface area contributed by atoms with E-state index in [1.54, 1.807) is 36.4 Å². The summed E-state index contributed by atoms with van der Waals surface area (Å²) in [5.74, 6) is 0.0522. The molecule has 4 rings (SSSR count). The lowest BCUT2D eigenvalue weighted by Gasteiger charge is -2.29. The molecule has 2 aliphatic heterocycles. The number of amides is 2. The molecule has 9 heteroatoms. The van der Waals surface area contributed by atoms with Crippen LogP contribution in [0.1, 0.15) is 41.9 Å². The number of hydrogen-bond donors (Lipinski definition) is 1. The number of nitrogens with one attached hydrogen (secondary N) is 1. The maximum Gasteiger partial charge on any atom is 0.344 e. The number of likely N-dealkylation sites (tertiary alicyclic amines) is 1. The Morgan fingerprint density at radius 1 is 1.12 bits per heavy atom. The normalized spacial score (nSPS) is 19.4. The third-order valence-electron chi connectivity index (χ3n) is 5.51. The summed E-state index contributed by atoms with van der Waals surface area (Å²) < 4.78 is 21.5. The Bertz CT molecular complexity index is 1050. The lowest BCUT2D eigenvalue weighted by molar-refractivity contribution is -0.144. The number of ether oxygens (including phenoxy) is 4. The number of fused-ring (bicyclic) bond motifs is 1. The molecular weight excluding hydrogens is 416 g/mol. The van der Waals surface area contributed by atoms with Gasteiger partial charge >= 0.3 is 5.97 Å². The van der Waals surface area contributed by atoms with Crippen LogP contribution in [0, 0.1) is 0 Å². The first-order valence-electron chi connectivity index (χ1n) is 10.3. The molecule has 0 aliphatic carbocycles. The summed E-state index contributed by atoms with van der Waals surface area (Å²) in [4.78, 5) is 39.7. The van der Waals surface area contributed by atoms with Crippen LogP contribution in [0.3, 0.4) is 0 Å². The lowest BCUT2D eigenvalue weighted by atomic mass is 10.1. The zero-order valence-electron chi connectivity index (χ0n) is 18.0. The molecule has 1 fully saturated rings. The summed E-state index contributed by atoms with van der Waals surface area (Å²) in [5.41, 5.74) is 1.23. The van der Waals surface area contributed by atoms with Crippen LogP contribution in [0.2, 0.25) is 0 Å². The van der Waals surface area contributed by atoms with Crippen molar-refractivity contribution in [1.29, 1.82) is 0 Å². The molecule has 0 spiro atoms. The zero-order valence-corrected chi connectivity index (χ0v) is 18.0. The monoisotopic (exact) mass is 440 g/mol. The first-order valence-corrected chi connectivity index (χ1v) is 10.3. The second-order valence-electron chi connectivity index (χ2n) is 7.33. The lowest BCUT2D eigenvalue weighted by Crippen LogP contribution is -2.43. The average Bonchev–Trinajstić information content (AvgIpc) is 3.34. The highest BCUT2D eigenvalue weighted by atomic mass is 16.6. The van der Waals surface area contributed by atoms with Crippen LogP contribution in [-0.2, 0) is 14.3 Å². The Balaban J connectivity index is 1.59. The highest BCUT2D eigenvalue weighted by Gasteiger charge is 2.47. The fourth-order valence-electron chi connectivity index (χ4n) is 4.07. The highest BCUT2D eigenvalue weighted by Crippen LogP contribution is 2.45. The molecule has 2 amide bonds. The number of carbonyl (C=O) groups excluding carboxylic acids is 3. The summed E-state index contributed by atoms with van der Waals surface area (Å²) in [7, 11) is 2.89. The third-order valence-corrected chi connectivity index (χ3v) is 5.51. The molecular formula is C23H24N2O7. The minimum atomic E-state index is -1.01. The van der Waals surface area contributed by atoms with E-state index >= 15 is 0 Å². The molecule has 2 unspecified atom stereocenters. The van der Waals surface area contributed by atoms with Gasteiger partial charge in [-0.15, -0.1) is 0 Å². The van der Waals surface area contributed by atoms with Gasteiger partial charge < -0.3 is 24.3 Å². The predicted octanol–water partition coefficient (Wildman–Crippen LogP) is 2.90. The number of benzene rings is 2. The van der Waals surface area contributed by atoms with E-state index in [1.807, 2.05) is 6.92 Å². The molecule has 2 aliphatic rings. The van der Waals surface area contributed by atoms with Crippen molar-refractivity contribution in [2.45, 2.75) is 32.0 Å². The number of hydrogen-bond acceptors (Lipinski definition) is 7. The van der Waals surface area contributed by atoms with Gasteiger partial charge in [0.25, 0.3) is 0 Å². The van der Waals surface area contributed by atoms with E-state index in [9.17, 15) is 14.4 Å². The van der Waals surface area contributed by atoms with Gasteiger partial charge in [0.1, 0.15) is 17.4 Å². The van der Waals surface area contributed by atoms with Crippen molar-refractivity contribution < 1.29 is 33.3 Å². The Morgan fingerprint density at radius 2 is 1.88 bits per heavy atom. The molecule has 0 saturated carbocycles. The van der Waals surface area contributed by atoms with Crippen LogP contribution in [0.15, 0.2) is 36.4 Å². The summed E-state index contributed by atoms with van der Waals surface area (Å²) in [6.45, 7) is 2.43. The minimum absolute atomic E-state index is 0.179. The fraction of sp³-hybridized carbons (Fsp3) is 0.348. The number of anilines is 1. The standard InChI is InChI=1S/C23H24N2O7/c1-4-31-14-7-5-13(6-8-14)24-21(27)16-10-12-18(26)25(16)22-15-9-11-17(29-2)20(30-3)19(15)23(28)32-22/h5-9,11,16,22H,4,10,12H2,1-3H3,(H,24,27). The third kappa shape index (κ3) is 3.70. The SMILES string of the molecule is CCOc1ccc(NC(=O)C2CCC(=O)N2C2OC(=O)c3c2ccc(OC)c3OC)cc1. The van der Waals surface area contributed by atoms with Gasteiger partial charge in [0, 0.05) is 17.7 Å². The van der Waals surface area contributed by atoms with Gasteiger partial charge in [-0.25, -0.2) is 4.79 Å². The summed E-state index contributed by atoms with van der Waals surface area (Å²) in [6.07, 6.45) is -0.514. The van der Waals surface area contributed by atoms with E-state index in [0.717, 1.165) is 0 Å². The van der Waals surface area contributed by atoms with E-state index in [-0.39, 0.29) is 29.5 Å². The van der Waals surface area contributed by atoms with Crippen molar-refractivity contribution in [3.63, 3.8) is 0 Å². The van der Waals surface area contributed by atoms with Crippen molar-refractivity contribution in [3.05, 3.63) is 47.5 Å². The minimum Gasteiger partial charge on any atom is -0.494 e. The van der Waals surface area contributed by atoms with Gasteiger partial charge in [-0.3, -0.25) is 14.5 Å². The number of carbonyl (C=O) groups is 3. The molecule has 2 aromatic carbocycles. The molecule has 2 heterocycles. The average molecular weight is 440 g/mol. The van der Waals surface area contributed by atoms with Crippen LogP contribution >= 0.6 is 0 Å². The Labute approximate surface area is 185 Å². The highest BCUT2D eigenvalue weighted by molar-refractivity contribution is 6.01. The van der Waals surface area contributed by atoms with Gasteiger partial charge in [0.2, 0.25) is 18.0 Å². The van der Waals surface area contributed by atoms with Crippen molar-refractivity contribution >= 4 is 23.5 Å². The molecule has 1 saturated heterocycles. The van der Waals surface area contributed by atoms with Gasteiger partial charge in [-0.1, -0.05) is 0 Å². The molecule has 0 aromatic heterocycles. The van der Waals surface area contributed by atoms with E-state index in [0.29, 0.717) is 35.8 Å². The molecule has 9 nitrogen and oxygen atoms in total. The van der Waals surface area contributed by atoms with Crippen LogP contribution < -0.4 is 19.5 Å². The Morgan fingerprint density at radius 3 is 2.53 bits per heavy atom. The largest absolute Gasteiger partial charge is 0.494 e. The van der Waals surface area contributed by atoms with Crippen LogP contribution in [0.5, 0.6) is 17.2 Å². The van der Waals surface area contributed by atoms with Crippen LogP contribution in [0.4, 0.5) is 5.69 Å². The fourth-order valence-corrected chi connectivity index (χ4v) is 4.07. The number of methoxy groups -OCH3 is 2. The first-order chi connectivity index (χ1) is 15.5.